The molecular formula is C26H29F2N7O2. The van der Waals surface area contributed by atoms with E-state index in [0.717, 1.165) is 18.3 Å². The number of aliphatic hydroxyl groups excluding tert-OH is 1. The molecule has 0 spiro atoms. The van der Waals surface area contributed by atoms with Crippen molar-refractivity contribution in [3.63, 3.8) is 0 Å². The molecule has 2 N–H and O–H groups in total. The number of fused-ring (bicyclic) bond motifs is 1. The molecule has 0 amide bonds. The highest BCUT2D eigenvalue weighted by Crippen LogP contribution is 2.30. The number of hydrogen-bond donors (Lipinski definition) is 2. The lowest BCUT2D eigenvalue weighted by Gasteiger charge is -2.31. The third kappa shape index (κ3) is 5.29. The van der Waals surface area contributed by atoms with Gasteiger partial charge in [-0.05, 0) is 44.5 Å². The Balaban J connectivity index is 1.36. The molecule has 1 aliphatic heterocycles. The van der Waals surface area contributed by atoms with Gasteiger partial charge in [0.25, 0.3) is 0 Å². The summed E-state index contributed by atoms with van der Waals surface area (Å²) >= 11 is 0. The second kappa shape index (κ2) is 10.4. The quantitative estimate of drug-likeness (QED) is 0.386. The summed E-state index contributed by atoms with van der Waals surface area (Å²) in [4.78, 5) is 19.3. The van der Waals surface area contributed by atoms with Crippen molar-refractivity contribution in [3.8, 4) is 11.3 Å². The Bertz CT molecular complexity index is 1410. The molecule has 1 fully saturated rings. The highest BCUT2D eigenvalue weighted by atomic mass is 19.1. The molecule has 194 valence electrons. The maximum absolute atomic E-state index is 14.9. The van der Waals surface area contributed by atoms with Gasteiger partial charge in [-0.25, -0.2) is 28.7 Å². The fourth-order valence-electron chi connectivity index (χ4n) is 4.69. The number of morpholine rings is 1. The number of benzene rings is 1. The number of hydrogen-bond acceptors (Lipinski definition) is 8. The summed E-state index contributed by atoms with van der Waals surface area (Å²) in [5.41, 5.74) is 2.11. The van der Waals surface area contributed by atoms with Gasteiger partial charge in [-0.3, -0.25) is 4.90 Å². The van der Waals surface area contributed by atoms with Gasteiger partial charge in [0.1, 0.15) is 22.9 Å². The van der Waals surface area contributed by atoms with E-state index < -0.39 is 11.6 Å². The summed E-state index contributed by atoms with van der Waals surface area (Å²) in [7, 11) is 0. The molecule has 1 atom stereocenters. The van der Waals surface area contributed by atoms with Gasteiger partial charge in [-0.15, -0.1) is 0 Å². The SMILES string of the molecule is Cc1nc2c(F)cc(-c3nc(Nc4ccc(CN5CCO[C@H](CO)C5)cn4)ncc3F)cc2n1C(C)C. The van der Waals surface area contributed by atoms with Crippen LogP contribution in [0.2, 0.25) is 0 Å². The molecule has 9 nitrogen and oxygen atoms in total. The molecule has 1 saturated heterocycles. The van der Waals surface area contributed by atoms with Gasteiger partial charge in [-0.1, -0.05) is 6.07 Å². The summed E-state index contributed by atoms with van der Waals surface area (Å²) in [6.07, 6.45) is 2.63. The van der Waals surface area contributed by atoms with Crippen molar-refractivity contribution in [2.24, 2.45) is 0 Å². The number of pyridine rings is 1. The van der Waals surface area contributed by atoms with Crippen molar-refractivity contribution in [1.82, 2.24) is 29.4 Å². The van der Waals surface area contributed by atoms with Crippen molar-refractivity contribution in [1.29, 1.82) is 0 Å². The second-order valence-corrected chi connectivity index (χ2v) is 9.43. The Morgan fingerprint density at radius 2 is 1.97 bits per heavy atom. The van der Waals surface area contributed by atoms with Crippen LogP contribution in [0.15, 0.2) is 36.7 Å². The van der Waals surface area contributed by atoms with Crippen molar-refractivity contribution in [3.05, 3.63) is 59.7 Å². The number of imidazole rings is 1. The molecule has 0 saturated carbocycles. The zero-order valence-electron chi connectivity index (χ0n) is 20.9. The van der Waals surface area contributed by atoms with Gasteiger partial charge in [0.2, 0.25) is 5.95 Å². The van der Waals surface area contributed by atoms with Crippen LogP contribution in [0.1, 0.15) is 31.3 Å². The third-order valence-corrected chi connectivity index (χ3v) is 6.36. The number of halogens is 2. The highest BCUT2D eigenvalue weighted by molar-refractivity contribution is 5.83. The van der Waals surface area contributed by atoms with Crippen LogP contribution >= 0.6 is 0 Å². The lowest BCUT2D eigenvalue weighted by molar-refractivity contribution is -0.0551. The Morgan fingerprint density at radius 1 is 1.14 bits per heavy atom. The van der Waals surface area contributed by atoms with E-state index in [1.807, 2.05) is 31.4 Å². The lowest BCUT2D eigenvalue weighted by Crippen LogP contribution is -2.43. The summed E-state index contributed by atoms with van der Waals surface area (Å²) in [5, 5.41) is 12.3. The number of aliphatic hydroxyl groups is 1. The van der Waals surface area contributed by atoms with Gasteiger partial charge in [-0.2, -0.15) is 0 Å². The number of rotatable bonds is 7. The minimum atomic E-state index is -0.661. The number of aryl methyl sites for hydroxylation is 1. The smallest absolute Gasteiger partial charge is 0.229 e. The largest absolute Gasteiger partial charge is 0.394 e. The van der Waals surface area contributed by atoms with Gasteiger partial charge >= 0.3 is 0 Å². The van der Waals surface area contributed by atoms with Gasteiger partial charge in [0.05, 0.1) is 31.0 Å². The Hall–Kier alpha value is -3.54. The number of nitrogens with zero attached hydrogens (tertiary/aromatic N) is 6. The molecule has 0 aliphatic carbocycles. The third-order valence-electron chi connectivity index (χ3n) is 6.36. The van der Waals surface area contributed by atoms with Crippen molar-refractivity contribution < 1.29 is 18.6 Å². The Morgan fingerprint density at radius 3 is 2.70 bits per heavy atom. The van der Waals surface area contributed by atoms with E-state index in [1.54, 1.807) is 18.3 Å². The first-order valence-electron chi connectivity index (χ1n) is 12.2. The number of aromatic nitrogens is 5. The standard InChI is InChI=1S/C26H29F2N7O2/c1-15(2)35-16(3)31-25-20(27)8-18(9-22(25)35)24-21(28)11-30-26(33-24)32-23-5-4-17(10-29-23)12-34-6-7-37-19(13-34)14-36/h4-5,8-11,15,19,36H,6-7,12-14H2,1-3H3,(H,29,30,32,33)/t19-/m0/s1. The molecule has 11 heteroatoms. The minimum absolute atomic E-state index is 0.00123. The summed E-state index contributed by atoms with van der Waals surface area (Å²) in [5.74, 6) is 0.122. The van der Waals surface area contributed by atoms with Crippen molar-refractivity contribution >= 4 is 22.8 Å². The van der Waals surface area contributed by atoms with Crippen LogP contribution in [0.4, 0.5) is 20.5 Å². The fraction of sp³-hybridized carbons (Fsp3) is 0.385. The van der Waals surface area contributed by atoms with Crippen molar-refractivity contribution in [2.75, 3.05) is 31.6 Å². The van der Waals surface area contributed by atoms with Gasteiger partial charge in [0.15, 0.2) is 11.6 Å². The average Bonchev–Trinajstić information content (AvgIpc) is 3.23. The van der Waals surface area contributed by atoms with Crippen LogP contribution in [0, 0.1) is 18.6 Å². The van der Waals surface area contributed by atoms with E-state index in [9.17, 15) is 13.9 Å². The number of ether oxygens (including phenoxy) is 1. The molecule has 0 bridgehead atoms. The highest BCUT2D eigenvalue weighted by Gasteiger charge is 2.20. The van der Waals surface area contributed by atoms with E-state index in [0.29, 0.717) is 42.4 Å². The zero-order valence-corrected chi connectivity index (χ0v) is 20.9. The Kier molecular flexibility index (Phi) is 7.09. The molecular weight excluding hydrogens is 480 g/mol. The molecule has 3 aromatic heterocycles. The van der Waals surface area contributed by atoms with Gasteiger partial charge in [0, 0.05) is 37.4 Å². The van der Waals surface area contributed by atoms with Crippen LogP contribution in [-0.4, -0.2) is 66.9 Å². The number of anilines is 2. The van der Waals surface area contributed by atoms with Crippen LogP contribution in [0.25, 0.3) is 22.3 Å². The van der Waals surface area contributed by atoms with Crippen LogP contribution in [0.5, 0.6) is 0 Å². The predicted molar refractivity (Wildman–Crippen MR) is 135 cm³/mol. The molecule has 1 aromatic carbocycles. The molecule has 5 rings (SSSR count). The van der Waals surface area contributed by atoms with Crippen LogP contribution < -0.4 is 5.32 Å². The first-order valence-corrected chi connectivity index (χ1v) is 12.2. The van der Waals surface area contributed by atoms with Crippen LogP contribution in [0.3, 0.4) is 0 Å². The Labute approximate surface area is 213 Å². The second-order valence-electron chi connectivity index (χ2n) is 9.43. The zero-order chi connectivity index (χ0) is 26.1. The van der Waals surface area contributed by atoms with Crippen LogP contribution in [-0.2, 0) is 11.3 Å². The molecule has 1 aliphatic rings. The maximum Gasteiger partial charge on any atom is 0.229 e. The number of nitrogens with one attached hydrogen (secondary N) is 1. The molecule has 37 heavy (non-hydrogen) atoms. The van der Waals surface area contributed by atoms with Gasteiger partial charge < -0.3 is 19.7 Å². The molecule has 4 heterocycles. The first-order chi connectivity index (χ1) is 17.8. The minimum Gasteiger partial charge on any atom is -0.394 e. The lowest BCUT2D eigenvalue weighted by atomic mass is 10.1. The fourth-order valence-corrected chi connectivity index (χ4v) is 4.69. The monoisotopic (exact) mass is 509 g/mol. The summed E-state index contributed by atoms with van der Waals surface area (Å²) in [6.45, 7) is 8.49. The van der Waals surface area contributed by atoms with E-state index >= 15 is 0 Å². The molecule has 0 radical (unpaired) electrons. The molecule has 4 aromatic rings. The normalized spacial score (nSPS) is 16.6. The average molecular weight is 510 g/mol. The van der Waals surface area contributed by atoms with E-state index in [-0.39, 0.29) is 35.9 Å². The summed E-state index contributed by atoms with van der Waals surface area (Å²) in [6, 6.07) is 6.73. The molecule has 0 unspecified atom stereocenters. The first kappa shape index (κ1) is 25.1. The van der Waals surface area contributed by atoms with E-state index in [1.165, 1.54) is 6.07 Å². The maximum atomic E-state index is 14.9. The van der Waals surface area contributed by atoms with Crippen molar-refractivity contribution in [2.45, 2.75) is 39.5 Å². The topological polar surface area (TPSA) is 101 Å². The predicted octanol–water partition coefficient (Wildman–Crippen LogP) is 3.99. The summed E-state index contributed by atoms with van der Waals surface area (Å²) < 4.78 is 37.1. The van der Waals surface area contributed by atoms with E-state index in [4.69, 9.17) is 4.74 Å². The van der Waals surface area contributed by atoms with E-state index in [2.05, 4.69) is 30.2 Å².